The summed E-state index contributed by atoms with van der Waals surface area (Å²) in [6.07, 6.45) is 10.6. The molecule has 2 heterocycles. The van der Waals surface area contributed by atoms with Crippen molar-refractivity contribution in [2.45, 2.75) is 109 Å². The zero-order valence-electron chi connectivity index (χ0n) is 16.4. The molecule has 24 heavy (non-hydrogen) atoms. The minimum Gasteiger partial charge on any atom is -0.376 e. The molecule has 1 N–H and O–H groups in total. The maximum atomic E-state index is 6.27. The van der Waals surface area contributed by atoms with Crippen LogP contribution in [0.1, 0.15) is 85.5 Å². The van der Waals surface area contributed by atoms with Gasteiger partial charge >= 0.3 is 0 Å². The van der Waals surface area contributed by atoms with Crippen LogP contribution >= 0.6 is 0 Å². The SMILES string of the molecule is CCC1(CC)CC(OCCOC2CCCCO2)CC(CC)(CC)N1. The van der Waals surface area contributed by atoms with E-state index in [0.717, 1.165) is 58.0 Å². The van der Waals surface area contributed by atoms with E-state index < -0.39 is 0 Å². The Labute approximate surface area is 149 Å². The quantitative estimate of drug-likeness (QED) is 0.630. The molecule has 2 aliphatic heterocycles. The molecular weight excluding hydrogens is 302 g/mol. The molecule has 0 aromatic carbocycles. The fraction of sp³-hybridized carbons (Fsp3) is 1.00. The number of ether oxygens (including phenoxy) is 3. The van der Waals surface area contributed by atoms with Crippen molar-refractivity contribution in [3.05, 3.63) is 0 Å². The normalized spacial score (nSPS) is 27.2. The number of nitrogens with one attached hydrogen (secondary N) is 1. The van der Waals surface area contributed by atoms with E-state index in [1.165, 1.54) is 6.42 Å². The Morgan fingerprint density at radius 1 is 0.875 bits per heavy atom. The highest BCUT2D eigenvalue weighted by molar-refractivity contribution is 5.04. The van der Waals surface area contributed by atoms with Gasteiger partial charge in [-0.05, 0) is 57.8 Å². The average Bonchev–Trinajstić information content (AvgIpc) is 2.65. The largest absolute Gasteiger partial charge is 0.376 e. The predicted octanol–water partition coefficient (Wildman–Crippen LogP) is 4.42. The second-order valence-electron chi connectivity index (χ2n) is 7.67. The van der Waals surface area contributed by atoms with Crippen molar-refractivity contribution < 1.29 is 14.2 Å². The molecule has 0 saturated carbocycles. The van der Waals surface area contributed by atoms with Gasteiger partial charge in [0.1, 0.15) is 0 Å². The summed E-state index contributed by atoms with van der Waals surface area (Å²) >= 11 is 0. The molecule has 0 radical (unpaired) electrons. The molecule has 0 amide bonds. The summed E-state index contributed by atoms with van der Waals surface area (Å²) in [5, 5.41) is 4.02. The van der Waals surface area contributed by atoms with Crippen LogP contribution in [0.25, 0.3) is 0 Å². The van der Waals surface area contributed by atoms with Gasteiger partial charge in [0.2, 0.25) is 0 Å². The highest BCUT2D eigenvalue weighted by Gasteiger charge is 2.44. The summed E-state index contributed by atoms with van der Waals surface area (Å²) in [6.45, 7) is 11.4. The molecule has 0 aromatic heterocycles. The van der Waals surface area contributed by atoms with E-state index in [2.05, 4.69) is 33.0 Å². The number of hydrogen-bond acceptors (Lipinski definition) is 4. The zero-order chi connectivity index (χ0) is 17.5. The first-order valence-electron chi connectivity index (χ1n) is 10.2. The van der Waals surface area contributed by atoms with Crippen molar-refractivity contribution in [2.24, 2.45) is 0 Å². The van der Waals surface area contributed by atoms with Crippen molar-refractivity contribution in [1.82, 2.24) is 5.32 Å². The maximum Gasteiger partial charge on any atom is 0.157 e. The van der Waals surface area contributed by atoms with Crippen LogP contribution < -0.4 is 5.32 Å². The van der Waals surface area contributed by atoms with Crippen LogP contribution in [-0.2, 0) is 14.2 Å². The Balaban J connectivity index is 1.83. The van der Waals surface area contributed by atoms with E-state index in [1.807, 2.05) is 0 Å². The minimum atomic E-state index is -0.00822. The summed E-state index contributed by atoms with van der Waals surface area (Å²) in [4.78, 5) is 0. The van der Waals surface area contributed by atoms with Crippen LogP contribution in [0.15, 0.2) is 0 Å². The molecule has 142 valence electrons. The average molecular weight is 342 g/mol. The van der Waals surface area contributed by atoms with Crippen molar-refractivity contribution in [3.8, 4) is 0 Å². The number of piperidine rings is 1. The van der Waals surface area contributed by atoms with Gasteiger partial charge in [0.25, 0.3) is 0 Å². The maximum absolute atomic E-state index is 6.27. The summed E-state index contributed by atoms with van der Waals surface area (Å²) in [6, 6.07) is 0. The standard InChI is InChI=1S/C20H39NO3/c1-5-19(6-2)15-17(16-20(7-3,8-4)21-19)22-13-14-24-18-11-9-10-12-23-18/h17-18,21H,5-16H2,1-4H3. The van der Waals surface area contributed by atoms with E-state index in [-0.39, 0.29) is 17.4 Å². The van der Waals surface area contributed by atoms with Gasteiger partial charge < -0.3 is 19.5 Å². The highest BCUT2D eigenvalue weighted by atomic mass is 16.7. The number of hydrogen-bond donors (Lipinski definition) is 1. The highest BCUT2D eigenvalue weighted by Crippen LogP contribution is 2.38. The first-order chi connectivity index (χ1) is 11.6. The Bertz CT molecular complexity index is 327. The van der Waals surface area contributed by atoms with E-state index >= 15 is 0 Å². The second kappa shape index (κ2) is 9.51. The van der Waals surface area contributed by atoms with E-state index in [4.69, 9.17) is 14.2 Å². The summed E-state index contributed by atoms with van der Waals surface area (Å²) in [5.41, 5.74) is 0.449. The fourth-order valence-electron chi connectivity index (χ4n) is 4.39. The minimum absolute atomic E-state index is 0.00822. The summed E-state index contributed by atoms with van der Waals surface area (Å²) in [7, 11) is 0. The van der Waals surface area contributed by atoms with E-state index in [9.17, 15) is 0 Å². The van der Waals surface area contributed by atoms with Gasteiger partial charge in [0, 0.05) is 17.7 Å². The van der Waals surface area contributed by atoms with Crippen LogP contribution in [-0.4, -0.2) is 43.3 Å². The monoisotopic (exact) mass is 341 g/mol. The molecule has 1 unspecified atom stereocenters. The van der Waals surface area contributed by atoms with Crippen LogP contribution in [0.4, 0.5) is 0 Å². The van der Waals surface area contributed by atoms with Gasteiger partial charge in [-0.3, -0.25) is 0 Å². The molecule has 2 rings (SSSR count). The van der Waals surface area contributed by atoms with Crippen molar-refractivity contribution in [3.63, 3.8) is 0 Å². The number of rotatable bonds is 9. The third-order valence-electron chi connectivity index (χ3n) is 6.35. The lowest BCUT2D eigenvalue weighted by Crippen LogP contribution is -2.64. The molecule has 0 aliphatic carbocycles. The van der Waals surface area contributed by atoms with Crippen LogP contribution in [0.5, 0.6) is 0 Å². The molecule has 4 heteroatoms. The molecule has 0 spiro atoms. The van der Waals surface area contributed by atoms with Gasteiger partial charge in [0.05, 0.1) is 19.3 Å². The zero-order valence-corrected chi connectivity index (χ0v) is 16.4. The Hall–Kier alpha value is -0.160. The Morgan fingerprint density at radius 2 is 1.46 bits per heavy atom. The van der Waals surface area contributed by atoms with Gasteiger partial charge in [-0.25, -0.2) is 0 Å². The van der Waals surface area contributed by atoms with Crippen LogP contribution in [0.2, 0.25) is 0 Å². The van der Waals surface area contributed by atoms with Gasteiger partial charge in [-0.15, -0.1) is 0 Å². The van der Waals surface area contributed by atoms with E-state index in [0.29, 0.717) is 19.3 Å². The Morgan fingerprint density at radius 3 is 1.96 bits per heavy atom. The van der Waals surface area contributed by atoms with Gasteiger partial charge in [-0.2, -0.15) is 0 Å². The first kappa shape index (κ1) is 20.2. The van der Waals surface area contributed by atoms with Crippen molar-refractivity contribution in [1.29, 1.82) is 0 Å². The Kier molecular flexibility index (Phi) is 7.99. The molecule has 2 saturated heterocycles. The lowest BCUT2D eigenvalue weighted by Gasteiger charge is -2.52. The lowest BCUT2D eigenvalue weighted by molar-refractivity contribution is -0.174. The van der Waals surface area contributed by atoms with Crippen molar-refractivity contribution in [2.75, 3.05) is 19.8 Å². The molecular formula is C20H39NO3. The molecule has 2 fully saturated rings. The van der Waals surface area contributed by atoms with Gasteiger partial charge in [0.15, 0.2) is 6.29 Å². The fourth-order valence-corrected chi connectivity index (χ4v) is 4.39. The second-order valence-corrected chi connectivity index (χ2v) is 7.67. The lowest BCUT2D eigenvalue weighted by atomic mass is 9.72. The molecule has 0 bridgehead atoms. The van der Waals surface area contributed by atoms with Crippen LogP contribution in [0.3, 0.4) is 0 Å². The third-order valence-corrected chi connectivity index (χ3v) is 6.35. The first-order valence-corrected chi connectivity index (χ1v) is 10.2. The topological polar surface area (TPSA) is 39.7 Å². The predicted molar refractivity (Wildman–Crippen MR) is 98.3 cm³/mol. The third kappa shape index (κ3) is 5.17. The smallest absolute Gasteiger partial charge is 0.157 e. The summed E-state index contributed by atoms with van der Waals surface area (Å²) in [5.74, 6) is 0. The molecule has 0 aromatic rings. The van der Waals surface area contributed by atoms with E-state index in [1.54, 1.807) is 0 Å². The summed E-state index contributed by atoms with van der Waals surface area (Å²) < 4.78 is 17.7. The molecule has 2 aliphatic rings. The van der Waals surface area contributed by atoms with Crippen LogP contribution in [0, 0.1) is 0 Å². The van der Waals surface area contributed by atoms with Gasteiger partial charge in [-0.1, -0.05) is 27.7 Å². The van der Waals surface area contributed by atoms with Crippen molar-refractivity contribution >= 4 is 0 Å². The molecule has 1 atom stereocenters. The molecule has 4 nitrogen and oxygen atoms in total.